The fourth-order valence-electron chi connectivity index (χ4n) is 1.35. The number of carbonyl (C=O) groups excluding carboxylic acids is 1. The molecule has 0 aromatic carbocycles. The van der Waals surface area contributed by atoms with Gasteiger partial charge in [-0.25, -0.2) is 0 Å². The fraction of sp³-hybridized carbons (Fsp3) is 0.923. The van der Waals surface area contributed by atoms with E-state index in [9.17, 15) is 4.79 Å². The molecule has 1 aliphatic heterocycles. The molecule has 0 atom stereocenters. The van der Waals surface area contributed by atoms with E-state index >= 15 is 0 Å². The number of ether oxygens (including phenoxy) is 1. The molecule has 0 spiro atoms. The lowest BCUT2D eigenvalue weighted by Crippen LogP contribution is -2.46. The molecule has 1 heterocycles. The Balaban J connectivity index is 0. The Kier molecular flexibility index (Phi) is 17.9. The van der Waals surface area contributed by atoms with Crippen molar-refractivity contribution in [3.8, 4) is 0 Å². The monoisotopic (exact) mass is 261 g/mol. The molecule has 1 rings (SSSR count). The summed E-state index contributed by atoms with van der Waals surface area (Å²) in [6.07, 6.45) is 0.760. The first-order chi connectivity index (χ1) is 8.74. The number of methoxy groups -OCH3 is 1. The normalized spacial score (nSPS) is 15.8. The third-order valence-electron chi connectivity index (χ3n) is 2.54. The third-order valence-corrected chi connectivity index (χ3v) is 2.54. The van der Waals surface area contributed by atoms with Gasteiger partial charge in [0.1, 0.15) is 0 Å². The number of carbonyl (C=O) groups is 1. The standard InChI is InChI=1S/C8H17N3O.C3H8O.C2H6/c1-10-4-6-11(7-5-10)3-2-9-8-12;1-3-4-2;1-2/h8H,2-7H2,1H3,(H,9,12);3H2,1-2H3;1-2H3. The first-order valence-corrected chi connectivity index (χ1v) is 6.81. The van der Waals surface area contributed by atoms with Crippen LogP contribution in [-0.2, 0) is 9.53 Å². The van der Waals surface area contributed by atoms with Crippen molar-refractivity contribution in [2.45, 2.75) is 20.8 Å². The third kappa shape index (κ3) is 13.4. The van der Waals surface area contributed by atoms with Gasteiger partial charge in [-0.2, -0.15) is 0 Å². The van der Waals surface area contributed by atoms with E-state index in [4.69, 9.17) is 0 Å². The number of amides is 1. The van der Waals surface area contributed by atoms with Gasteiger partial charge in [0.05, 0.1) is 0 Å². The average molecular weight is 261 g/mol. The van der Waals surface area contributed by atoms with E-state index in [-0.39, 0.29) is 0 Å². The van der Waals surface area contributed by atoms with Gasteiger partial charge in [0.25, 0.3) is 0 Å². The minimum Gasteiger partial charge on any atom is -0.385 e. The van der Waals surface area contributed by atoms with Gasteiger partial charge in [-0.05, 0) is 14.0 Å². The minimum atomic E-state index is 0.760. The summed E-state index contributed by atoms with van der Waals surface area (Å²) >= 11 is 0. The summed E-state index contributed by atoms with van der Waals surface area (Å²) in [6, 6.07) is 0. The molecule has 110 valence electrons. The van der Waals surface area contributed by atoms with Crippen LogP contribution in [0.4, 0.5) is 0 Å². The van der Waals surface area contributed by atoms with Crippen molar-refractivity contribution in [2.24, 2.45) is 0 Å². The van der Waals surface area contributed by atoms with E-state index in [0.29, 0.717) is 0 Å². The predicted molar refractivity (Wildman–Crippen MR) is 76.9 cm³/mol. The van der Waals surface area contributed by atoms with Crippen molar-refractivity contribution >= 4 is 6.41 Å². The molecule has 0 unspecified atom stereocenters. The average Bonchev–Trinajstić information content (AvgIpc) is 2.44. The second kappa shape index (κ2) is 16.4. The Hall–Kier alpha value is -0.650. The molecule has 0 bridgehead atoms. The number of rotatable bonds is 5. The molecule has 18 heavy (non-hydrogen) atoms. The van der Waals surface area contributed by atoms with E-state index in [2.05, 4.69) is 26.9 Å². The van der Waals surface area contributed by atoms with E-state index in [0.717, 1.165) is 52.3 Å². The van der Waals surface area contributed by atoms with Crippen LogP contribution >= 0.6 is 0 Å². The van der Waals surface area contributed by atoms with E-state index < -0.39 is 0 Å². The van der Waals surface area contributed by atoms with Crippen LogP contribution < -0.4 is 5.32 Å². The molecule has 1 N–H and O–H groups in total. The minimum absolute atomic E-state index is 0.760. The van der Waals surface area contributed by atoms with Crippen molar-refractivity contribution < 1.29 is 9.53 Å². The Morgan fingerprint density at radius 3 is 2.11 bits per heavy atom. The van der Waals surface area contributed by atoms with Gasteiger partial charge in [-0.15, -0.1) is 0 Å². The fourth-order valence-corrected chi connectivity index (χ4v) is 1.35. The number of nitrogens with one attached hydrogen (secondary N) is 1. The largest absolute Gasteiger partial charge is 0.385 e. The van der Waals surface area contributed by atoms with Gasteiger partial charge >= 0.3 is 0 Å². The van der Waals surface area contributed by atoms with Crippen molar-refractivity contribution in [1.29, 1.82) is 0 Å². The van der Waals surface area contributed by atoms with Crippen molar-refractivity contribution in [3.05, 3.63) is 0 Å². The van der Waals surface area contributed by atoms with Gasteiger partial charge in [-0.1, -0.05) is 13.8 Å². The van der Waals surface area contributed by atoms with Crippen LogP contribution in [0.15, 0.2) is 0 Å². The van der Waals surface area contributed by atoms with Crippen LogP contribution in [0.1, 0.15) is 20.8 Å². The Morgan fingerprint density at radius 1 is 1.22 bits per heavy atom. The first kappa shape index (κ1) is 19.7. The van der Waals surface area contributed by atoms with Gasteiger partial charge < -0.3 is 15.0 Å². The number of nitrogens with zero attached hydrogens (tertiary/aromatic N) is 2. The lowest BCUT2D eigenvalue weighted by Gasteiger charge is -2.32. The lowest BCUT2D eigenvalue weighted by atomic mass is 10.3. The van der Waals surface area contributed by atoms with Crippen LogP contribution in [0.2, 0.25) is 0 Å². The topological polar surface area (TPSA) is 44.8 Å². The number of likely N-dealkylation sites (N-methyl/N-ethyl adjacent to an activating group) is 1. The maximum atomic E-state index is 9.96. The zero-order chi connectivity index (χ0) is 14.2. The summed E-state index contributed by atoms with van der Waals surface area (Å²) in [5.74, 6) is 0. The summed E-state index contributed by atoms with van der Waals surface area (Å²) in [5, 5.41) is 2.67. The Bertz CT molecular complexity index is 158. The van der Waals surface area contributed by atoms with E-state index in [1.807, 2.05) is 20.8 Å². The van der Waals surface area contributed by atoms with Crippen LogP contribution in [-0.4, -0.2) is 76.2 Å². The van der Waals surface area contributed by atoms with Crippen LogP contribution in [0.25, 0.3) is 0 Å². The van der Waals surface area contributed by atoms with Crippen LogP contribution in [0.3, 0.4) is 0 Å². The molecule has 0 radical (unpaired) electrons. The molecule has 0 aromatic heterocycles. The first-order valence-electron chi connectivity index (χ1n) is 6.81. The second-order valence-corrected chi connectivity index (χ2v) is 3.79. The molecule has 1 aliphatic rings. The van der Waals surface area contributed by atoms with Crippen LogP contribution in [0, 0.1) is 0 Å². The summed E-state index contributed by atoms with van der Waals surface area (Å²) in [4.78, 5) is 14.7. The Morgan fingerprint density at radius 2 is 1.72 bits per heavy atom. The zero-order valence-electron chi connectivity index (χ0n) is 12.7. The molecule has 1 fully saturated rings. The highest BCUT2D eigenvalue weighted by atomic mass is 16.5. The van der Waals surface area contributed by atoms with Gasteiger partial charge in [0.15, 0.2) is 0 Å². The zero-order valence-corrected chi connectivity index (χ0v) is 12.7. The lowest BCUT2D eigenvalue weighted by molar-refractivity contribution is -0.109. The number of piperazine rings is 1. The van der Waals surface area contributed by atoms with Gasteiger partial charge in [0, 0.05) is 53.0 Å². The molecule has 1 saturated heterocycles. The molecule has 0 aliphatic carbocycles. The summed E-state index contributed by atoms with van der Waals surface area (Å²) in [6.45, 7) is 13.1. The highest BCUT2D eigenvalue weighted by Gasteiger charge is 2.12. The maximum absolute atomic E-state index is 9.96. The maximum Gasteiger partial charge on any atom is 0.207 e. The molecule has 0 saturated carbocycles. The molecule has 5 nitrogen and oxygen atoms in total. The summed E-state index contributed by atoms with van der Waals surface area (Å²) in [5.41, 5.74) is 0. The highest BCUT2D eigenvalue weighted by molar-refractivity contribution is 5.45. The summed E-state index contributed by atoms with van der Waals surface area (Å²) in [7, 11) is 3.82. The van der Waals surface area contributed by atoms with E-state index in [1.54, 1.807) is 7.11 Å². The number of hydrogen-bond acceptors (Lipinski definition) is 4. The SMILES string of the molecule is CC.CCOC.CN1CCN(CCNC=O)CC1. The van der Waals surface area contributed by atoms with E-state index in [1.165, 1.54) is 0 Å². The Labute approximate surface area is 112 Å². The second-order valence-electron chi connectivity index (χ2n) is 3.79. The van der Waals surface area contributed by atoms with Crippen molar-refractivity contribution in [1.82, 2.24) is 15.1 Å². The summed E-state index contributed by atoms with van der Waals surface area (Å²) < 4.78 is 4.54. The molecular formula is C13H31N3O2. The van der Waals surface area contributed by atoms with Gasteiger partial charge in [0.2, 0.25) is 6.41 Å². The highest BCUT2D eigenvalue weighted by Crippen LogP contribution is 1.96. The van der Waals surface area contributed by atoms with Gasteiger partial charge in [-0.3, -0.25) is 9.69 Å². The smallest absolute Gasteiger partial charge is 0.207 e. The van der Waals surface area contributed by atoms with Crippen LogP contribution in [0.5, 0.6) is 0 Å². The molecular weight excluding hydrogens is 230 g/mol. The molecule has 5 heteroatoms. The quantitative estimate of drug-likeness (QED) is 0.583. The molecule has 0 aromatic rings. The van der Waals surface area contributed by atoms with Crippen molar-refractivity contribution in [2.75, 3.05) is 60.0 Å². The predicted octanol–water partition coefficient (Wildman–Crippen LogP) is 0.659. The van der Waals surface area contributed by atoms with Crippen molar-refractivity contribution in [3.63, 3.8) is 0 Å². The molecule has 1 amide bonds. The number of hydrogen-bond donors (Lipinski definition) is 1.